The number of aromatic nitrogens is 1. The Bertz CT molecular complexity index is 1700. The number of alkyl halides is 2. The van der Waals surface area contributed by atoms with Crippen LogP contribution in [0.3, 0.4) is 0 Å². The first-order chi connectivity index (χ1) is 19.9. The molecule has 1 aromatic heterocycles. The van der Waals surface area contributed by atoms with E-state index in [0.717, 1.165) is 21.9 Å². The van der Waals surface area contributed by atoms with Gasteiger partial charge in [-0.25, -0.2) is 9.78 Å². The van der Waals surface area contributed by atoms with Gasteiger partial charge in [0, 0.05) is 17.5 Å². The first-order valence-corrected chi connectivity index (χ1v) is 13.6. The van der Waals surface area contributed by atoms with Gasteiger partial charge in [0.1, 0.15) is 11.4 Å². The van der Waals surface area contributed by atoms with E-state index in [4.69, 9.17) is 9.72 Å². The fourth-order valence-corrected chi connectivity index (χ4v) is 5.01. The Balaban J connectivity index is 1.23. The summed E-state index contributed by atoms with van der Waals surface area (Å²) < 4.78 is 41.4. The molecular weight excluding hydrogens is 544 g/mol. The van der Waals surface area contributed by atoms with Crippen molar-refractivity contribution in [3.8, 4) is 22.8 Å². The number of anilines is 1. The summed E-state index contributed by atoms with van der Waals surface area (Å²) in [7, 11) is 0. The van der Waals surface area contributed by atoms with Gasteiger partial charge < -0.3 is 24.8 Å². The number of hydrogen-bond acceptors (Lipinski definition) is 6. The Labute approximate surface area is 241 Å². The molecule has 0 unspecified atom stereocenters. The number of halogens is 2. The highest BCUT2D eigenvalue weighted by atomic mass is 19.3. The van der Waals surface area contributed by atoms with Gasteiger partial charge in [0.25, 0.3) is 0 Å². The van der Waals surface area contributed by atoms with Crippen LogP contribution < -0.4 is 20.1 Å². The number of nitrogens with one attached hydrogen (secondary N) is 2. The van der Waals surface area contributed by atoms with Crippen LogP contribution in [-0.4, -0.2) is 28.9 Å². The van der Waals surface area contributed by atoms with Crippen LogP contribution in [0, 0.1) is 0 Å². The minimum absolute atomic E-state index is 0.0626. The molecule has 0 saturated heterocycles. The van der Waals surface area contributed by atoms with Crippen LogP contribution in [0.4, 0.5) is 19.4 Å². The van der Waals surface area contributed by atoms with Crippen molar-refractivity contribution in [2.24, 2.45) is 0 Å². The third-order valence-electron chi connectivity index (χ3n) is 7.18. The molecule has 0 bridgehead atoms. The van der Waals surface area contributed by atoms with Crippen molar-refractivity contribution in [3.63, 3.8) is 0 Å². The molecule has 0 atom stereocenters. The van der Waals surface area contributed by atoms with E-state index in [1.165, 1.54) is 12.1 Å². The molecule has 1 fully saturated rings. The minimum Gasteiger partial charge on any atom is -0.444 e. The number of hydrogen-bond donors (Lipinski definition) is 2. The summed E-state index contributed by atoms with van der Waals surface area (Å²) in [5.41, 5.74) is 1.54. The zero-order chi connectivity index (χ0) is 29.7. The van der Waals surface area contributed by atoms with Crippen LogP contribution in [0.25, 0.3) is 22.0 Å². The lowest BCUT2D eigenvalue weighted by atomic mass is 9.94. The average molecular weight is 574 g/mol. The molecule has 10 heteroatoms. The maximum atomic E-state index is 13.6. The summed E-state index contributed by atoms with van der Waals surface area (Å²) >= 11 is 0. The first kappa shape index (κ1) is 27.4. The molecule has 1 aliphatic heterocycles. The first-order valence-electron chi connectivity index (χ1n) is 13.6. The van der Waals surface area contributed by atoms with Crippen molar-refractivity contribution in [3.05, 3.63) is 83.9 Å². The van der Waals surface area contributed by atoms with Gasteiger partial charge in [0.15, 0.2) is 11.5 Å². The highest BCUT2D eigenvalue weighted by molar-refractivity contribution is 6.03. The summed E-state index contributed by atoms with van der Waals surface area (Å²) in [4.78, 5) is 30.4. The zero-order valence-corrected chi connectivity index (χ0v) is 23.3. The van der Waals surface area contributed by atoms with E-state index in [2.05, 4.69) is 20.1 Å². The van der Waals surface area contributed by atoms with Crippen molar-refractivity contribution in [1.82, 2.24) is 10.3 Å². The summed E-state index contributed by atoms with van der Waals surface area (Å²) in [5, 5.41) is 7.51. The zero-order valence-electron chi connectivity index (χ0n) is 23.3. The molecule has 8 nitrogen and oxygen atoms in total. The van der Waals surface area contributed by atoms with Crippen LogP contribution in [0.15, 0.2) is 72.8 Å². The highest BCUT2D eigenvalue weighted by Gasteiger charge is 2.53. The Hall–Kier alpha value is -4.73. The van der Waals surface area contributed by atoms with Crippen molar-refractivity contribution >= 4 is 28.6 Å². The predicted molar refractivity (Wildman–Crippen MR) is 152 cm³/mol. The standard InChI is InChI=1S/C32H29F2N3O5/c1-30(2,3)42-29(39)35-18-19-8-10-20(11-9-19)27-23-7-5-4-6-21(23)16-26(36-27)37-28(38)31(14-15-31)22-12-13-24-25(17-22)41-32(33,34)40-24/h4-13,16-17H,14-15,18H2,1-3H3,(H,35,39)(H,36,37,38). The van der Waals surface area contributed by atoms with Crippen LogP contribution in [0.1, 0.15) is 44.7 Å². The molecule has 0 radical (unpaired) electrons. The second kappa shape index (κ2) is 9.97. The number of rotatable bonds is 6. The third-order valence-corrected chi connectivity index (χ3v) is 7.18. The molecule has 1 aliphatic carbocycles. The lowest BCUT2D eigenvalue weighted by molar-refractivity contribution is -0.286. The van der Waals surface area contributed by atoms with E-state index in [9.17, 15) is 18.4 Å². The maximum absolute atomic E-state index is 13.6. The van der Waals surface area contributed by atoms with Gasteiger partial charge in [-0.05, 0) is 68.3 Å². The van der Waals surface area contributed by atoms with Gasteiger partial charge in [-0.1, -0.05) is 54.6 Å². The molecule has 4 aromatic rings. The molecular formula is C32H29F2N3O5. The Kier molecular flexibility index (Phi) is 6.51. The number of carbonyl (C=O) groups is 2. The van der Waals surface area contributed by atoms with Crippen molar-refractivity contribution in [2.45, 2.75) is 57.5 Å². The number of alkyl carbamates (subject to hydrolysis) is 1. The van der Waals surface area contributed by atoms with Crippen molar-refractivity contribution < 1.29 is 32.6 Å². The molecule has 42 heavy (non-hydrogen) atoms. The molecule has 2 amide bonds. The lowest BCUT2D eigenvalue weighted by Crippen LogP contribution is -2.32. The minimum atomic E-state index is -3.72. The van der Waals surface area contributed by atoms with Crippen LogP contribution in [0.2, 0.25) is 0 Å². The quantitative estimate of drug-likeness (QED) is 0.260. The predicted octanol–water partition coefficient (Wildman–Crippen LogP) is 6.92. The molecule has 2 heterocycles. The Morgan fingerprint density at radius 2 is 1.67 bits per heavy atom. The molecule has 1 saturated carbocycles. The molecule has 216 valence electrons. The second-order valence-corrected chi connectivity index (χ2v) is 11.5. The van der Waals surface area contributed by atoms with E-state index in [-0.39, 0.29) is 17.4 Å². The third kappa shape index (κ3) is 5.57. The van der Waals surface area contributed by atoms with E-state index in [1.54, 1.807) is 26.8 Å². The second-order valence-electron chi connectivity index (χ2n) is 11.5. The number of ether oxygens (including phenoxy) is 3. The van der Waals surface area contributed by atoms with E-state index in [1.807, 2.05) is 54.6 Å². The fraction of sp³-hybridized carbons (Fsp3) is 0.281. The fourth-order valence-electron chi connectivity index (χ4n) is 5.01. The molecule has 6 rings (SSSR count). The van der Waals surface area contributed by atoms with Gasteiger partial charge in [0.05, 0.1) is 11.1 Å². The van der Waals surface area contributed by atoms with Gasteiger partial charge in [-0.2, -0.15) is 0 Å². The number of carbonyl (C=O) groups excluding carboxylic acids is 2. The number of nitrogens with zero attached hydrogens (tertiary/aromatic N) is 1. The van der Waals surface area contributed by atoms with Gasteiger partial charge in [-0.15, -0.1) is 8.78 Å². The number of fused-ring (bicyclic) bond motifs is 2. The molecule has 2 N–H and O–H groups in total. The van der Waals surface area contributed by atoms with Crippen LogP contribution in [0.5, 0.6) is 11.5 Å². The van der Waals surface area contributed by atoms with E-state index < -0.39 is 23.4 Å². The summed E-state index contributed by atoms with van der Waals surface area (Å²) in [6.07, 6.45) is -3.09. The van der Waals surface area contributed by atoms with Gasteiger partial charge in [-0.3, -0.25) is 4.79 Å². The Morgan fingerprint density at radius 1 is 0.952 bits per heavy atom. The van der Waals surface area contributed by atoms with Gasteiger partial charge in [0.2, 0.25) is 5.91 Å². The van der Waals surface area contributed by atoms with E-state index in [0.29, 0.717) is 36.5 Å². The highest BCUT2D eigenvalue weighted by Crippen LogP contribution is 2.52. The monoisotopic (exact) mass is 573 g/mol. The van der Waals surface area contributed by atoms with Crippen molar-refractivity contribution in [1.29, 1.82) is 0 Å². The van der Waals surface area contributed by atoms with Gasteiger partial charge >= 0.3 is 12.4 Å². The normalized spacial score (nSPS) is 16.1. The average Bonchev–Trinajstić information content (AvgIpc) is 3.68. The molecule has 3 aromatic carbocycles. The number of pyridine rings is 1. The number of benzene rings is 3. The van der Waals surface area contributed by atoms with Crippen molar-refractivity contribution in [2.75, 3.05) is 5.32 Å². The maximum Gasteiger partial charge on any atom is 0.586 e. The summed E-state index contributed by atoms with van der Waals surface area (Å²) in [6, 6.07) is 21.6. The smallest absolute Gasteiger partial charge is 0.444 e. The lowest BCUT2D eigenvalue weighted by Gasteiger charge is -2.19. The van der Waals surface area contributed by atoms with Crippen LogP contribution >= 0.6 is 0 Å². The summed E-state index contributed by atoms with van der Waals surface area (Å²) in [6.45, 7) is 5.72. The van der Waals surface area contributed by atoms with Crippen LogP contribution in [-0.2, 0) is 21.5 Å². The van der Waals surface area contributed by atoms with E-state index >= 15 is 0 Å². The molecule has 0 spiro atoms. The Morgan fingerprint density at radius 3 is 2.38 bits per heavy atom. The SMILES string of the molecule is CC(C)(C)OC(=O)NCc1ccc(-c2nc(NC(=O)C3(c4ccc5c(c4)OC(F)(F)O5)CC3)cc3ccccc23)cc1. The topological polar surface area (TPSA) is 98.8 Å². The molecule has 2 aliphatic rings. The summed E-state index contributed by atoms with van der Waals surface area (Å²) in [5.74, 6) is -0.0480. The number of amides is 2. The largest absolute Gasteiger partial charge is 0.586 e.